The summed E-state index contributed by atoms with van der Waals surface area (Å²) in [6.07, 6.45) is 1.75. The second-order valence-corrected chi connectivity index (χ2v) is 4.47. The second-order valence-electron chi connectivity index (χ2n) is 3.43. The maximum atomic E-state index is 8.93. The summed E-state index contributed by atoms with van der Waals surface area (Å²) < 4.78 is 5.27. The molecule has 0 radical (unpaired) electrons. The molecule has 0 aliphatic carbocycles. The molecule has 1 fully saturated rings. The summed E-state index contributed by atoms with van der Waals surface area (Å²) in [6.45, 7) is 3.22. The van der Waals surface area contributed by atoms with E-state index in [4.69, 9.17) is 15.6 Å². The van der Waals surface area contributed by atoms with Gasteiger partial charge >= 0.3 is 0 Å². The average Bonchev–Trinajstić information content (AvgIpc) is 2.78. The minimum absolute atomic E-state index is 0.0370. The van der Waals surface area contributed by atoms with Crippen LogP contribution in [-0.4, -0.2) is 43.0 Å². The van der Waals surface area contributed by atoms with E-state index in [2.05, 4.69) is 9.88 Å². The zero-order chi connectivity index (χ0) is 10.7. The van der Waals surface area contributed by atoms with Crippen LogP contribution in [0.1, 0.15) is 10.9 Å². The second kappa shape index (κ2) is 4.89. The summed E-state index contributed by atoms with van der Waals surface area (Å²) in [6, 6.07) is -0.308. The Morgan fingerprint density at radius 2 is 2.33 bits per heavy atom. The molecule has 0 amide bonds. The number of aliphatic hydroxyl groups excluding tert-OH is 1. The van der Waals surface area contributed by atoms with Gasteiger partial charge in [0.1, 0.15) is 0 Å². The summed E-state index contributed by atoms with van der Waals surface area (Å²) in [5.74, 6) is 0. The Morgan fingerprint density at radius 1 is 1.60 bits per heavy atom. The van der Waals surface area contributed by atoms with Crippen molar-refractivity contribution in [3.63, 3.8) is 0 Å². The van der Waals surface area contributed by atoms with E-state index in [1.165, 1.54) is 0 Å². The van der Waals surface area contributed by atoms with Gasteiger partial charge in [-0.15, -0.1) is 11.3 Å². The number of thiazole rings is 1. The lowest BCUT2D eigenvalue weighted by molar-refractivity contribution is 0.122. The van der Waals surface area contributed by atoms with Crippen LogP contribution in [0, 0.1) is 0 Å². The Morgan fingerprint density at radius 3 is 3.00 bits per heavy atom. The number of nitrogens with zero attached hydrogens (tertiary/aromatic N) is 2. The molecule has 0 spiro atoms. The van der Waals surface area contributed by atoms with E-state index in [1.807, 2.05) is 0 Å². The van der Waals surface area contributed by atoms with Gasteiger partial charge in [-0.05, 0) is 0 Å². The lowest BCUT2D eigenvalue weighted by atomic mass is 10.3. The first-order valence-electron chi connectivity index (χ1n) is 4.96. The zero-order valence-corrected chi connectivity index (χ0v) is 9.24. The first kappa shape index (κ1) is 10.8. The average molecular weight is 229 g/mol. The third-order valence-corrected chi connectivity index (χ3v) is 3.55. The van der Waals surface area contributed by atoms with Crippen LogP contribution < -0.4 is 10.6 Å². The number of anilines is 1. The van der Waals surface area contributed by atoms with Crippen LogP contribution >= 0.6 is 11.3 Å². The number of hydrogen-bond donors (Lipinski definition) is 2. The number of hydrogen-bond acceptors (Lipinski definition) is 6. The Balaban J connectivity index is 2.05. The van der Waals surface area contributed by atoms with Crippen LogP contribution in [0.15, 0.2) is 6.20 Å². The number of nitrogens with two attached hydrogens (primary N) is 1. The molecule has 1 aromatic heterocycles. The maximum Gasteiger partial charge on any atom is 0.185 e. The van der Waals surface area contributed by atoms with Crippen LogP contribution in [-0.2, 0) is 4.74 Å². The standard InChI is InChI=1S/C9H15N3O2S/c10-7(6-13)8-5-11-9(15-8)12-1-3-14-4-2-12/h5,7,13H,1-4,6,10H2/t7-/m0/s1. The van der Waals surface area contributed by atoms with Crippen molar-refractivity contribution in [1.29, 1.82) is 0 Å². The molecular weight excluding hydrogens is 214 g/mol. The summed E-state index contributed by atoms with van der Waals surface area (Å²) in [5, 5.41) is 9.90. The van der Waals surface area contributed by atoms with E-state index in [0.717, 1.165) is 36.3 Å². The molecule has 5 nitrogen and oxygen atoms in total. The number of aromatic nitrogens is 1. The fraction of sp³-hybridized carbons (Fsp3) is 0.667. The first-order chi connectivity index (χ1) is 7.31. The van der Waals surface area contributed by atoms with E-state index in [9.17, 15) is 0 Å². The van der Waals surface area contributed by atoms with Gasteiger partial charge in [0.15, 0.2) is 5.13 Å². The third kappa shape index (κ3) is 2.46. The quantitative estimate of drug-likeness (QED) is 0.761. The van der Waals surface area contributed by atoms with E-state index in [-0.39, 0.29) is 12.6 Å². The molecule has 1 aromatic rings. The van der Waals surface area contributed by atoms with Gasteiger partial charge in [0.05, 0.1) is 25.9 Å². The number of ether oxygens (including phenoxy) is 1. The van der Waals surface area contributed by atoms with E-state index >= 15 is 0 Å². The van der Waals surface area contributed by atoms with Gasteiger partial charge in [0.2, 0.25) is 0 Å². The van der Waals surface area contributed by atoms with Crippen molar-refractivity contribution < 1.29 is 9.84 Å². The highest BCUT2D eigenvalue weighted by molar-refractivity contribution is 7.15. The summed E-state index contributed by atoms with van der Waals surface area (Å²) in [5.41, 5.74) is 5.71. The van der Waals surface area contributed by atoms with Crippen LogP contribution in [0.5, 0.6) is 0 Å². The molecule has 84 valence electrons. The number of morpholine rings is 1. The van der Waals surface area contributed by atoms with Crippen molar-refractivity contribution >= 4 is 16.5 Å². The monoisotopic (exact) mass is 229 g/mol. The van der Waals surface area contributed by atoms with Crippen LogP contribution in [0.3, 0.4) is 0 Å². The molecule has 2 rings (SSSR count). The van der Waals surface area contributed by atoms with E-state index in [0.29, 0.717) is 0 Å². The maximum absolute atomic E-state index is 8.93. The van der Waals surface area contributed by atoms with E-state index < -0.39 is 0 Å². The van der Waals surface area contributed by atoms with Crippen LogP contribution in [0.2, 0.25) is 0 Å². The predicted octanol–water partition coefficient (Wildman–Crippen LogP) is -0.0282. The lowest BCUT2D eigenvalue weighted by Crippen LogP contribution is -2.36. The molecule has 1 aliphatic heterocycles. The van der Waals surface area contributed by atoms with Gasteiger partial charge in [0.25, 0.3) is 0 Å². The van der Waals surface area contributed by atoms with Gasteiger partial charge in [-0.3, -0.25) is 0 Å². The topological polar surface area (TPSA) is 71.6 Å². The highest BCUT2D eigenvalue weighted by atomic mass is 32.1. The van der Waals surface area contributed by atoms with Crippen molar-refractivity contribution in [2.75, 3.05) is 37.8 Å². The zero-order valence-electron chi connectivity index (χ0n) is 8.43. The lowest BCUT2D eigenvalue weighted by Gasteiger charge is -2.26. The first-order valence-corrected chi connectivity index (χ1v) is 5.78. The molecule has 0 aromatic carbocycles. The molecule has 2 heterocycles. The summed E-state index contributed by atoms with van der Waals surface area (Å²) in [4.78, 5) is 7.42. The largest absolute Gasteiger partial charge is 0.394 e. The molecular formula is C9H15N3O2S. The van der Waals surface area contributed by atoms with Crippen LogP contribution in [0.4, 0.5) is 5.13 Å². The Kier molecular flexibility index (Phi) is 3.53. The fourth-order valence-electron chi connectivity index (χ4n) is 1.44. The van der Waals surface area contributed by atoms with Crippen molar-refractivity contribution in [2.24, 2.45) is 5.73 Å². The van der Waals surface area contributed by atoms with Crippen molar-refractivity contribution in [3.05, 3.63) is 11.1 Å². The van der Waals surface area contributed by atoms with Crippen molar-refractivity contribution in [2.45, 2.75) is 6.04 Å². The molecule has 6 heteroatoms. The summed E-state index contributed by atoms with van der Waals surface area (Å²) in [7, 11) is 0. The van der Waals surface area contributed by atoms with Crippen LogP contribution in [0.25, 0.3) is 0 Å². The molecule has 3 N–H and O–H groups in total. The molecule has 1 aliphatic rings. The molecule has 1 saturated heterocycles. The van der Waals surface area contributed by atoms with Gasteiger partial charge in [-0.25, -0.2) is 4.98 Å². The summed E-state index contributed by atoms with van der Waals surface area (Å²) >= 11 is 1.55. The predicted molar refractivity (Wildman–Crippen MR) is 59.2 cm³/mol. The third-order valence-electron chi connectivity index (χ3n) is 2.36. The highest BCUT2D eigenvalue weighted by Gasteiger charge is 2.16. The smallest absolute Gasteiger partial charge is 0.185 e. The van der Waals surface area contributed by atoms with Crippen molar-refractivity contribution in [3.8, 4) is 0 Å². The fourth-order valence-corrected chi connectivity index (χ4v) is 2.40. The SMILES string of the molecule is N[C@@H](CO)c1cnc(N2CCOCC2)s1. The van der Waals surface area contributed by atoms with Gasteiger partial charge in [-0.1, -0.05) is 0 Å². The van der Waals surface area contributed by atoms with Gasteiger partial charge in [0, 0.05) is 24.2 Å². The minimum Gasteiger partial charge on any atom is -0.394 e. The van der Waals surface area contributed by atoms with E-state index in [1.54, 1.807) is 17.5 Å². The number of aliphatic hydroxyl groups is 1. The normalized spacial score (nSPS) is 19.2. The Labute approximate surface area is 92.5 Å². The molecule has 15 heavy (non-hydrogen) atoms. The minimum atomic E-state index is -0.308. The molecule has 0 bridgehead atoms. The number of rotatable bonds is 3. The van der Waals surface area contributed by atoms with Gasteiger partial charge < -0.3 is 20.5 Å². The van der Waals surface area contributed by atoms with Crippen molar-refractivity contribution in [1.82, 2.24) is 4.98 Å². The Bertz CT molecular complexity index is 312. The molecule has 0 unspecified atom stereocenters. The highest BCUT2D eigenvalue weighted by Crippen LogP contribution is 2.26. The molecule has 1 atom stereocenters. The Hall–Kier alpha value is -0.690. The molecule has 0 saturated carbocycles. The van der Waals surface area contributed by atoms with Gasteiger partial charge in [-0.2, -0.15) is 0 Å².